The molecule has 1 fully saturated rings. The molecule has 0 amide bonds. The van der Waals surface area contributed by atoms with Gasteiger partial charge in [-0.3, -0.25) is 0 Å². The highest BCUT2D eigenvalue weighted by Gasteiger charge is 2.33. The molecular weight excluding hydrogens is 301 g/mol. The zero-order valence-corrected chi connectivity index (χ0v) is 14.9. The van der Waals surface area contributed by atoms with E-state index in [0.29, 0.717) is 10.4 Å². The number of hydrogen-bond acceptors (Lipinski definition) is 1. The molecule has 1 nitrogen and oxygen atoms in total. The van der Waals surface area contributed by atoms with Crippen LogP contribution in [-0.2, 0) is 6.42 Å². The lowest BCUT2D eigenvalue weighted by Crippen LogP contribution is -2.45. The van der Waals surface area contributed by atoms with E-state index in [-0.39, 0.29) is 5.54 Å². The van der Waals surface area contributed by atoms with Gasteiger partial charge in [0.15, 0.2) is 0 Å². The normalized spacial score (nSPS) is 18.7. The Kier molecular flexibility index (Phi) is 5.62. The van der Waals surface area contributed by atoms with Crippen molar-refractivity contribution in [1.82, 2.24) is 5.32 Å². The molecule has 21 heavy (non-hydrogen) atoms. The summed E-state index contributed by atoms with van der Waals surface area (Å²) in [5.41, 5.74) is 1.67. The lowest BCUT2D eigenvalue weighted by molar-refractivity contribution is 0.165. The molecule has 1 aliphatic carbocycles. The second-order valence-electron chi connectivity index (χ2n) is 7.55. The molecule has 118 valence electrons. The highest BCUT2D eigenvalue weighted by atomic mass is 35.5. The van der Waals surface area contributed by atoms with E-state index in [2.05, 4.69) is 32.2 Å². The Morgan fingerprint density at radius 1 is 1.10 bits per heavy atom. The van der Waals surface area contributed by atoms with Crippen LogP contribution in [0.15, 0.2) is 18.2 Å². The summed E-state index contributed by atoms with van der Waals surface area (Å²) in [6.45, 7) is 7.75. The summed E-state index contributed by atoms with van der Waals surface area (Å²) < 4.78 is 0. The molecule has 0 unspecified atom stereocenters. The molecule has 0 spiro atoms. The van der Waals surface area contributed by atoms with Crippen molar-refractivity contribution in [3.63, 3.8) is 0 Å². The van der Waals surface area contributed by atoms with Crippen molar-refractivity contribution in [2.75, 3.05) is 6.54 Å². The Hall–Kier alpha value is -0.240. The van der Waals surface area contributed by atoms with Gasteiger partial charge in [-0.05, 0) is 57.1 Å². The van der Waals surface area contributed by atoms with Crippen LogP contribution in [0.5, 0.6) is 0 Å². The summed E-state index contributed by atoms with van der Waals surface area (Å²) in [5, 5.41) is 5.12. The summed E-state index contributed by atoms with van der Waals surface area (Å²) in [6.07, 6.45) is 7.59. The minimum absolute atomic E-state index is 0.155. The second-order valence-corrected chi connectivity index (χ2v) is 8.34. The van der Waals surface area contributed by atoms with Crippen LogP contribution in [0.3, 0.4) is 0 Å². The van der Waals surface area contributed by atoms with E-state index in [9.17, 15) is 0 Å². The van der Waals surface area contributed by atoms with Crippen LogP contribution in [0.2, 0.25) is 10.0 Å². The zero-order chi connectivity index (χ0) is 15.5. The number of halogens is 2. The molecule has 0 aromatic heterocycles. The first-order valence-electron chi connectivity index (χ1n) is 7.99. The third-order valence-electron chi connectivity index (χ3n) is 4.50. The lowest BCUT2D eigenvalue weighted by atomic mass is 9.70. The highest BCUT2D eigenvalue weighted by molar-refractivity contribution is 6.42. The third-order valence-corrected chi connectivity index (χ3v) is 5.36. The Morgan fingerprint density at radius 2 is 1.76 bits per heavy atom. The summed E-state index contributed by atoms with van der Waals surface area (Å²) in [7, 11) is 0. The minimum Gasteiger partial charge on any atom is -0.312 e. The molecule has 1 N–H and O–H groups in total. The van der Waals surface area contributed by atoms with E-state index < -0.39 is 0 Å². The maximum atomic E-state index is 6.41. The Balaban J connectivity index is 2.17. The van der Waals surface area contributed by atoms with Gasteiger partial charge in [-0.2, -0.15) is 0 Å². The Labute approximate surface area is 139 Å². The fraction of sp³-hybridized carbons (Fsp3) is 0.667. The molecule has 1 aromatic carbocycles. The molecule has 2 rings (SSSR count). The van der Waals surface area contributed by atoms with Crippen LogP contribution < -0.4 is 5.32 Å². The van der Waals surface area contributed by atoms with Gasteiger partial charge >= 0.3 is 0 Å². The summed E-state index contributed by atoms with van der Waals surface area (Å²) >= 11 is 12.6. The predicted molar refractivity (Wildman–Crippen MR) is 93.4 cm³/mol. The largest absolute Gasteiger partial charge is 0.312 e. The fourth-order valence-corrected chi connectivity index (χ4v) is 3.65. The van der Waals surface area contributed by atoms with E-state index >= 15 is 0 Å². The standard InChI is InChI=1S/C18H27Cl2N/c1-17(2,3)21-13-18(10-5-4-6-11-18)12-14-8-7-9-15(19)16(14)20/h7-9,21H,4-6,10-13H2,1-3H3. The molecule has 0 radical (unpaired) electrons. The van der Waals surface area contributed by atoms with E-state index in [1.165, 1.54) is 37.7 Å². The smallest absolute Gasteiger partial charge is 0.0624 e. The van der Waals surface area contributed by atoms with Crippen LogP contribution in [0.25, 0.3) is 0 Å². The molecule has 0 aliphatic heterocycles. The van der Waals surface area contributed by atoms with Crippen molar-refractivity contribution in [3.05, 3.63) is 33.8 Å². The first-order chi connectivity index (χ1) is 9.81. The number of nitrogens with one attached hydrogen (secondary N) is 1. The monoisotopic (exact) mass is 327 g/mol. The zero-order valence-electron chi connectivity index (χ0n) is 13.4. The van der Waals surface area contributed by atoms with Crippen LogP contribution in [0, 0.1) is 5.41 Å². The first kappa shape index (κ1) is 17.1. The summed E-state index contributed by atoms with van der Waals surface area (Å²) in [6, 6.07) is 6.01. The van der Waals surface area contributed by atoms with Gasteiger partial charge in [-0.25, -0.2) is 0 Å². The average Bonchev–Trinajstić information content (AvgIpc) is 2.42. The van der Waals surface area contributed by atoms with Crippen LogP contribution in [0.1, 0.15) is 58.4 Å². The quantitative estimate of drug-likeness (QED) is 0.728. The average molecular weight is 328 g/mol. The molecule has 0 atom stereocenters. The topological polar surface area (TPSA) is 12.0 Å². The molecule has 1 saturated carbocycles. The summed E-state index contributed by atoms with van der Waals surface area (Å²) in [5.74, 6) is 0. The number of benzene rings is 1. The van der Waals surface area contributed by atoms with Gasteiger partial charge in [0.2, 0.25) is 0 Å². The lowest BCUT2D eigenvalue weighted by Gasteiger charge is -2.40. The van der Waals surface area contributed by atoms with Gasteiger partial charge in [-0.15, -0.1) is 0 Å². The maximum Gasteiger partial charge on any atom is 0.0624 e. The van der Waals surface area contributed by atoms with Gasteiger partial charge in [-0.1, -0.05) is 54.6 Å². The van der Waals surface area contributed by atoms with Crippen molar-refractivity contribution < 1.29 is 0 Å². The first-order valence-corrected chi connectivity index (χ1v) is 8.75. The number of hydrogen-bond donors (Lipinski definition) is 1. The maximum absolute atomic E-state index is 6.41. The van der Waals surface area contributed by atoms with Crippen LogP contribution >= 0.6 is 23.2 Å². The van der Waals surface area contributed by atoms with Gasteiger partial charge in [0, 0.05) is 12.1 Å². The summed E-state index contributed by atoms with van der Waals surface area (Å²) in [4.78, 5) is 0. The van der Waals surface area contributed by atoms with Crippen molar-refractivity contribution in [1.29, 1.82) is 0 Å². The van der Waals surface area contributed by atoms with Crippen LogP contribution in [-0.4, -0.2) is 12.1 Å². The second kappa shape index (κ2) is 6.89. The number of rotatable bonds is 4. The van der Waals surface area contributed by atoms with Crippen molar-refractivity contribution >= 4 is 23.2 Å². The molecule has 1 aromatic rings. The van der Waals surface area contributed by atoms with Gasteiger partial charge in [0.25, 0.3) is 0 Å². The SMILES string of the molecule is CC(C)(C)NCC1(Cc2cccc(Cl)c2Cl)CCCCC1. The Morgan fingerprint density at radius 3 is 2.38 bits per heavy atom. The molecule has 1 aliphatic rings. The van der Waals surface area contributed by atoms with Gasteiger partial charge in [0.1, 0.15) is 0 Å². The van der Waals surface area contributed by atoms with Crippen molar-refractivity contribution in [2.45, 2.75) is 64.8 Å². The molecule has 0 bridgehead atoms. The van der Waals surface area contributed by atoms with Crippen molar-refractivity contribution in [3.8, 4) is 0 Å². The molecule has 3 heteroatoms. The Bertz CT molecular complexity index is 471. The highest BCUT2D eigenvalue weighted by Crippen LogP contribution is 2.41. The van der Waals surface area contributed by atoms with E-state index in [1.807, 2.05) is 12.1 Å². The van der Waals surface area contributed by atoms with E-state index in [4.69, 9.17) is 23.2 Å². The van der Waals surface area contributed by atoms with E-state index in [1.54, 1.807) is 0 Å². The molecule has 0 saturated heterocycles. The molecule has 0 heterocycles. The van der Waals surface area contributed by atoms with E-state index in [0.717, 1.165) is 18.0 Å². The van der Waals surface area contributed by atoms with Crippen molar-refractivity contribution in [2.24, 2.45) is 5.41 Å². The third kappa shape index (κ3) is 4.87. The molecular formula is C18H27Cl2N. The fourth-order valence-electron chi connectivity index (χ4n) is 3.26. The predicted octanol–water partition coefficient (Wildman–Crippen LogP) is 5.87. The van der Waals surface area contributed by atoms with Crippen LogP contribution in [0.4, 0.5) is 0 Å². The van der Waals surface area contributed by atoms with Gasteiger partial charge < -0.3 is 5.32 Å². The van der Waals surface area contributed by atoms with Gasteiger partial charge in [0.05, 0.1) is 10.0 Å². The minimum atomic E-state index is 0.155.